The molecule has 0 saturated heterocycles. The number of rotatable bonds is 3. The average Bonchev–Trinajstić information content (AvgIpc) is 2.56. The average molecular weight is 323 g/mol. The molecular weight excluding hydrogens is 302 g/mol. The van der Waals surface area contributed by atoms with E-state index in [9.17, 15) is 4.79 Å². The maximum absolute atomic E-state index is 11.6. The molecule has 0 radical (unpaired) electrons. The first-order valence-corrected chi connectivity index (χ1v) is 8.15. The van der Waals surface area contributed by atoms with Crippen molar-refractivity contribution in [3.05, 3.63) is 64.2 Å². The van der Waals surface area contributed by atoms with Crippen LogP contribution in [0, 0.1) is 0 Å². The van der Waals surface area contributed by atoms with E-state index in [0.717, 1.165) is 42.4 Å². The van der Waals surface area contributed by atoms with Crippen molar-refractivity contribution in [3.63, 3.8) is 0 Å². The van der Waals surface area contributed by atoms with E-state index in [2.05, 4.69) is 41.6 Å². The van der Waals surface area contributed by atoms with Crippen molar-refractivity contribution in [1.82, 2.24) is 0 Å². The SMILES string of the molecule is CO/N=C/c1c2ccc(c1OC(C)=O)CCc1ccc(cc1)CC2. The quantitative estimate of drug-likeness (QED) is 0.376. The van der Waals surface area contributed by atoms with Crippen LogP contribution in [0.25, 0.3) is 0 Å². The highest BCUT2D eigenvalue weighted by molar-refractivity contribution is 5.88. The van der Waals surface area contributed by atoms with E-state index in [4.69, 9.17) is 9.57 Å². The van der Waals surface area contributed by atoms with Crippen molar-refractivity contribution in [3.8, 4) is 5.75 Å². The van der Waals surface area contributed by atoms with Crippen LogP contribution in [0.1, 0.15) is 34.7 Å². The molecule has 4 heteroatoms. The predicted molar refractivity (Wildman–Crippen MR) is 93.6 cm³/mol. The van der Waals surface area contributed by atoms with Gasteiger partial charge >= 0.3 is 5.97 Å². The molecule has 0 heterocycles. The number of hydrogen-bond acceptors (Lipinski definition) is 4. The topological polar surface area (TPSA) is 47.9 Å². The van der Waals surface area contributed by atoms with Crippen LogP contribution in [0.15, 0.2) is 41.6 Å². The summed E-state index contributed by atoms with van der Waals surface area (Å²) in [6.45, 7) is 1.43. The number of esters is 1. The number of aryl methyl sites for hydroxylation is 4. The van der Waals surface area contributed by atoms with Gasteiger partial charge in [-0.3, -0.25) is 4.79 Å². The Morgan fingerprint density at radius 2 is 1.54 bits per heavy atom. The highest BCUT2D eigenvalue weighted by atomic mass is 16.6. The second kappa shape index (κ2) is 7.30. The van der Waals surface area contributed by atoms with Crippen molar-refractivity contribution >= 4 is 12.2 Å². The Kier molecular flexibility index (Phi) is 4.94. The van der Waals surface area contributed by atoms with E-state index >= 15 is 0 Å². The smallest absolute Gasteiger partial charge is 0.308 e. The van der Waals surface area contributed by atoms with Crippen molar-refractivity contribution in [1.29, 1.82) is 0 Å². The number of carbonyl (C=O) groups is 1. The zero-order valence-corrected chi connectivity index (χ0v) is 14.0. The third-order valence-electron chi connectivity index (χ3n) is 4.29. The maximum atomic E-state index is 11.6. The third kappa shape index (κ3) is 3.65. The Balaban J connectivity index is 2.10. The van der Waals surface area contributed by atoms with E-state index in [0.29, 0.717) is 5.75 Å². The lowest BCUT2D eigenvalue weighted by molar-refractivity contribution is -0.131. The van der Waals surface area contributed by atoms with Crippen LogP contribution in [0.4, 0.5) is 0 Å². The monoisotopic (exact) mass is 323 g/mol. The van der Waals surface area contributed by atoms with Gasteiger partial charge in [0.25, 0.3) is 0 Å². The van der Waals surface area contributed by atoms with Crippen LogP contribution in [-0.2, 0) is 35.3 Å². The molecule has 0 amide bonds. The molecule has 6 rings (SSSR count). The molecule has 2 aromatic carbocycles. The lowest BCUT2D eigenvalue weighted by Crippen LogP contribution is -2.10. The molecule has 0 fully saturated rings. The minimum absolute atomic E-state index is 0.323. The predicted octanol–water partition coefficient (Wildman–Crippen LogP) is 3.48. The highest BCUT2D eigenvalue weighted by Gasteiger charge is 2.17. The molecule has 0 aromatic heterocycles. The molecule has 0 aliphatic heterocycles. The van der Waals surface area contributed by atoms with E-state index in [1.807, 2.05) is 0 Å². The minimum Gasteiger partial charge on any atom is -0.426 e. The lowest BCUT2D eigenvalue weighted by atomic mass is 9.92. The largest absolute Gasteiger partial charge is 0.426 e. The summed E-state index contributed by atoms with van der Waals surface area (Å²) in [5, 5.41) is 3.91. The standard InChI is InChI=1S/C20H21NO3/c1-14(22)24-20-18-10-8-16-5-3-15(4-6-16)7-9-17(11-12-18)19(20)13-21-23-2/h3-6,11-13H,7-10H2,1-2H3/b21-13+. The van der Waals surface area contributed by atoms with Gasteiger partial charge in [-0.05, 0) is 47.9 Å². The van der Waals surface area contributed by atoms with Gasteiger partial charge in [-0.25, -0.2) is 0 Å². The van der Waals surface area contributed by atoms with Gasteiger partial charge in [0.05, 0.1) is 6.21 Å². The molecule has 0 atom stereocenters. The molecule has 4 bridgehead atoms. The van der Waals surface area contributed by atoms with Crippen LogP contribution in [-0.4, -0.2) is 19.3 Å². The van der Waals surface area contributed by atoms with E-state index in [-0.39, 0.29) is 5.97 Å². The van der Waals surface area contributed by atoms with Crippen molar-refractivity contribution in [2.75, 3.05) is 7.11 Å². The maximum Gasteiger partial charge on any atom is 0.308 e. The molecule has 24 heavy (non-hydrogen) atoms. The first-order valence-electron chi connectivity index (χ1n) is 8.15. The molecule has 124 valence electrons. The summed E-state index contributed by atoms with van der Waals surface area (Å²) in [5.74, 6) is 0.284. The normalized spacial score (nSPS) is 13.6. The summed E-state index contributed by atoms with van der Waals surface area (Å²) in [4.78, 5) is 16.4. The number of oxime groups is 1. The first-order chi connectivity index (χ1) is 11.7. The molecule has 0 saturated carbocycles. The zero-order chi connectivity index (χ0) is 16.9. The van der Waals surface area contributed by atoms with Gasteiger partial charge in [-0.1, -0.05) is 41.6 Å². The molecule has 0 N–H and O–H groups in total. The number of ether oxygens (including phenoxy) is 1. The second-order valence-electron chi connectivity index (χ2n) is 5.95. The fraction of sp³-hybridized carbons (Fsp3) is 0.300. The summed E-state index contributed by atoms with van der Waals surface area (Å²) >= 11 is 0. The van der Waals surface area contributed by atoms with Crippen LogP contribution in [0.5, 0.6) is 5.75 Å². The minimum atomic E-state index is -0.323. The summed E-state index contributed by atoms with van der Waals surface area (Å²) in [6.07, 6.45) is 5.11. The highest BCUT2D eigenvalue weighted by Crippen LogP contribution is 2.30. The van der Waals surface area contributed by atoms with Gasteiger partial charge in [0.15, 0.2) is 0 Å². The van der Waals surface area contributed by atoms with Gasteiger partial charge < -0.3 is 9.57 Å². The summed E-state index contributed by atoms with van der Waals surface area (Å²) in [5.41, 5.74) is 5.52. The molecule has 4 nitrogen and oxygen atoms in total. The number of hydrogen-bond donors (Lipinski definition) is 0. The summed E-state index contributed by atoms with van der Waals surface area (Å²) in [6, 6.07) is 12.9. The lowest BCUT2D eigenvalue weighted by Gasteiger charge is -2.17. The van der Waals surface area contributed by atoms with Crippen LogP contribution in [0.3, 0.4) is 0 Å². The molecule has 2 aromatic rings. The molecule has 4 aliphatic carbocycles. The van der Waals surface area contributed by atoms with Gasteiger partial charge in [0.2, 0.25) is 0 Å². The number of benzene rings is 2. The van der Waals surface area contributed by atoms with Crippen LogP contribution in [0.2, 0.25) is 0 Å². The van der Waals surface area contributed by atoms with E-state index in [1.165, 1.54) is 25.2 Å². The van der Waals surface area contributed by atoms with Gasteiger partial charge in [-0.15, -0.1) is 0 Å². The van der Waals surface area contributed by atoms with Gasteiger partial charge in [0.1, 0.15) is 12.9 Å². The van der Waals surface area contributed by atoms with E-state index in [1.54, 1.807) is 6.21 Å². The van der Waals surface area contributed by atoms with Gasteiger partial charge in [-0.2, -0.15) is 0 Å². The fourth-order valence-corrected chi connectivity index (χ4v) is 3.04. The van der Waals surface area contributed by atoms with E-state index < -0.39 is 0 Å². The van der Waals surface area contributed by atoms with Crippen molar-refractivity contribution < 1.29 is 14.4 Å². The Labute approximate surface area is 142 Å². The van der Waals surface area contributed by atoms with Crippen molar-refractivity contribution in [2.24, 2.45) is 5.16 Å². The number of carbonyl (C=O) groups excluding carboxylic acids is 1. The number of nitrogens with zero attached hydrogens (tertiary/aromatic N) is 1. The summed E-state index contributed by atoms with van der Waals surface area (Å²) in [7, 11) is 1.50. The summed E-state index contributed by atoms with van der Waals surface area (Å²) < 4.78 is 5.55. The van der Waals surface area contributed by atoms with Crippen LogP contribution >= 0.6 is 0 Å². The second-order valence-corrected chi connectivity index (χ2v) is 5.95. The Bertz CT molecular complexity index is 763. The Hall–Kier alpha value is -2.62. The van der Waals surface area contributed by atoms with Crippen molar-refractivity contribution in [2.45, 2.75) is 32.6 Å². The van der Waals surface area contributed by atoms with Gasteiger partial charge in [0, 0.05) is 12.5 Å². The Morgan fingerprint density at radius 3 is 2.12 bits per heavy atom. The third-order valence-corrected chi connectivity index (χ3v) is 4.29. The first kappa shape index (κ1) is 16.2. The molecule has 0 spiro atoms. The zero-order valence-electron chi connectivity index (χ0n) is 14.0. The molecule has 0 unspecified atom stereocenters. The van der Waals surface area contributed by atoms with Crippen LogP contribution < -0.4 is 4.74 Å². The Morgan fingerprint density at radius 1 is 0.958 bits per heavy atom. The molecule has 4 aliphatic rings. The fourth-order valence-electron chi connectivity index (χ4n) is 3.04. The molecular formula is C20H21NO3.